The van der Waals surface area contributed by atoms with Gasteiger partial charge >= 0.3 is 0 Å². The first-order chi connectivity index (χ1) is 8.79. The Labute approximate surface area is 112 Å². The van der Waals surface area contributed by atoms with Crippen molar-refractivity contribution in [2.45, 2.75) is 45.6 Å². The van der Waals surface area contributed by atoms with Gasteiger partial charge in [0.1, 0.15) is 10.0 Å². The summed E-state index contributed by atoms with van der Waals surface area (Å²) < 4.78 is 0. The molecule has 0 aromatic carbocycles. The number of hydrogen-bond donors (Lipinski definition) is 1. The van der Waals surface area contributed by atoms with Crippen LogP contribution in [0.5, 0.6) is 0 Å². The molecule has 18 heavy (non-hydrogen) atoms. The van der Waals surface area contributed by atoms with Crippen LogP contribution in [-0.4, -0.2) is 34.1 Å². The quantitative estimate of drug-likeness (QED) is 0.669. The molecule has 0 bridgehead atoms. The molecular formula is C12H21N5S. The van der Waals surface area contributed by atoms with E-state index in [1.165, 1.54) is 25.7 Å². The molecule has 2 rings (SSSR count). The minimum Gasteiger partial charge on any atom is -0.370 e. The third kappa shape index (κ3) is 3.66. The predicted octanol–water partition coefficient (Wildman–Crippen LogP) is 1.79. The summed E-state index contributed by atoms with van der Waals surface area (Å²) >= 11 is 1.62. The Hall–Kier alpha value is -1.17. The van der Waals surface area contributed by atoms with E-state index in [0.717, 1.165) is 29.5 Å². The maximum absolute atomic E-state index is 6.04. The van der Waals surface area contributed by atoms with Crippen LogP contribution in [0.15, 0.2) is 4.99 Å². The summed E-state index contributed by atoms with van der Waals surface area (Å²) in [5.74, 6) is 0.658. The Morgan fingerprint density at radius 1 is 1.22 bits per heavy atom. The average Bonchev–Trinajstić information content (AvgIpc) is 2.68. The number of nitrogens with two attached hydrogens (primary N) is 1. The smallest absolute Gasteiger partial charge is 0.191 e. The minimum atomic E-state index is 0.556. The van der Waals surface area contributed by atoms with Crippen LogP contribution in [0.1, 0.15) is 42.6 Å². The minimum absolute atomic E-state index is 0.556. The number of rotatable bonds is 3. The number of aliphatic imine (C=N–C) groups is 1. The Morgan fingerprint density at radius 3 is 2.50 bits per heavy atom. The lowest BCUT2D eigenvalue weighted by Gasteiger charge is -2.20. The molecule has 1 fully saturated rings. The molecule has 100 valence electrons. The Morgan fingerprint density at radius 2 is 1.89 bits per heavy atom. The van der Waals surface area contributed by atoms with Crippen molar-refractivity contribution in [3.8, 4) is 0 Å². The van der Waals surface area contributed by atoms with Crippen molar-refractivity contribution in [2.75, 3.05) is 13.1 Å². The highest BCUT2D eigenvalue weighted by Crippen LogP contribution is 2.12. The van der Waals surface area contributed by atoms with Gasteiger partial charge in [0.2, 0.25) is 0 Å². The largest absolute Gasteiger partial charge is 0.370 e. The van der Waals surface area contributed by atoms with Crippen molar-refractivity contribution in [3.05, 3.63) is 10.0 Å². The molecule has 0 radical (unpaired) electrons. The molecule has 1 aromatic heterocycles. The van der Waals surface area contributed by atoms with Crippen molar-refractivity contribution in [3.63, 3.8) is 0 Å². The Bertz CT molecular complexity index is 393. The maximum Gasteiger partial charge on any atom is 0.191 e. The molecule has 1 aliphatic rings. The van der Waals surface area contributed by atoms with Crippen LogP contribution in [0.25, 0.3) is 0 Å². The first-order valence-electron chi connectivity index (χ1n) is 6.65. The Kier molecular flexibility index (Phi) is 4.92. The van der Waals surface area contributed by atoms with E-state index in [9.17, 15) is 0 Å². The second-order valence-corrected chi connectivity index (χ2v) is 5.67. The van der Waals surface area contributed by atoms with Crippen molar-refractivity contribution in [1.82, 2.24) is 15.1 Å². The van der Waals surface area contributed by atoms with Crippen molar-refractivity contribution in [2.24, 2.45) is 10.7 Å². The first-order valence-corrected chi connectivity index (χ1v) is 7.47. The van der Waals surface area contributed by atoms with E-state index in [1.807, 2.05) is 0 Å². The fourth-order valence-electron chi connectivity index (χ4n) is 2.04. The van der Waals surface area contributed by atoms with E-state index in [-0.39, 0.29) is 0 Å². The van der Waals surface area contributed by atoms with Gasteiger partial charge in [0.25, 0.3) is 0 Å². The molecule has 0 spiro atoms. The van der Waals surface area contributed by atoms with Gasteiger partial charge in [0.15, 0.2) is 5.96 Å². The van der Waals surface area contributed by atoms with Crippen LogP contribution in [0.4, 0.5) is 0 Å². The molecule has 6 heteroatoms. The summed E-state index contributed by atoms with van der Waals surface area (Å²) in [5, 5.41) is 10.2. The van der Waals surface area contributed by atoms with Crippen molar-refractivity contribution >= 4 is 17.3 Å². The molecule has 1 aliphatic heterocycles. The third-order valence-electron chi connectivity index (χ3n) is 3.12. The number of guanidine groups is 1. The summed E-state index contributed by atoms with van der Waals surface area (Å²) in [6.45, 7) is 4.70. The summed E-state index contributed by atoms with van der Waals surface area (Å²) in [5.41, 5.74) is 6.04. The van der Waals surface area contributed by atoms with Gasteiger partial charge in [-0.3, -0.25) is 0 Å². The lowest BCUT2D eigenvalue weighted by molar-refractivity contribution is 0.428. The van der Waals surface area contributed by atoms with E-state index in [4.69, 9.17) is 5.73 Å². The van der Waals surface area contributed by atoms with Crippen LogP contribution in [0.3, 0.4) is 0 Å². The summed E-state index contributed by atoms with van der Waals surface area (Å²) in [6, 6.07) is 0. The zero-order chi connectivity index (χ0) is 12.8. The van der Waals surface area contributed by atoms with Gasteiger partial charge in [-0.2, -0.15) is 0 Å². The molecule has 2 heterocycles. The highest BCUT2D eigenvalue weighted by molar-refractivity contribution is 7.11. The predicted molar refractivity (Wildman–Crippen MR) is 74.7 cm³/mol. The molecule has 1 aromatic rings. The van der Waals surface area contributed by atoms with E-state index in [1.54, 1.807) is 11.3 Å². The van der Waals surface area contributed by atoms with Gasteiger partial charge in [0, 0.05) is 13.1 Å². The van der Waals surface area contributed by atoms with Crippen LogP contribution in [0, 0.1) is 0 Å². The van der Waals surface area contributed by atoms with Crippen LogP contribution in [0.2, 0.25) is 0 Å². The van der Waals surface area contributed by atoms with Crippen LogP contribution >= 0.6 is 11.3 Å². The summed E-state index contributed by atoms with van der Waals surface area (Å²) in [6.07, 6.45) is 5.98. The van der Waals surface area contributed by atoms with E-state index in [0.29, 0.717) is 12.5 Å². The molecule has 0 saturated carbocycles. The molecule has 0 unspecified atom stereocenters. The number of likely N-dealkylation sites (tertiary alicyclic amines) is 1. The number of aryl methyl sites for hydroxylation is 1. The highest BCUT2D eigenvalue weighted by atomic mass is 32.1. The summed E-state index contributed by atoms with van der Waals surface area (Å²) in [7, 11) is 0. The van der Waals surface area contributed by atoms with Gasteiger partial charge < -0.3 is 10.6 Å². The van der Waals surface area contributed by atoms with Crippen LogP contribution < -0.4 is 5.73 Å². The zero-order valence-electron chi connectivity index (χ0n) is 10.9. The second kappa shape index (κ2) is 6.68. The third-order valence-corrected chi connectivity index (χ3v) is 4.17. The van der Waals surface area contributed by atoms with E-state index >= 15 is 0 Å². The van der Waals surface area contributed by atoms with Crippen LogP contribution in [-0.2, 0) is 13.0 Å². The molecule has 5 nitrogen and oxygen atoms in total. The molecule has 1 saturated heterocycles. The topological polar surface area (TPSA) is 67.4 Å². The van der Waals surface area contributed by atoms with Gasteiger partial charge in [0.05, 0.1) is 6.54 Å². The van der Waals surface area contributed by atoms with E-state index in [2.05, 4.69) is 27.0 Å². The van der Waals surface area contributed by atoms with Gasteiger partial charge in [-0.15, -0.1) is 10.2 Å². The summed E-state index contributed by atoms with van der Waals surface area (Å²) in [4.78, 5) is 6.62. The number of nitrogens with zero attached hydrogens (tertiary/aromatic N) is 4. The van der Waals surface area contributed by atoms with Gasteiger partial charge in [-0.25, -0.2) is 4.99 Å². The Balaban J connectivity index is 1.90. The van der Waals surface area contributed by atoms with Gasteiger partial charge in [-0.1, -0.05) is 31.1 Å². The molecule has 0 aliphatic carbocycles. The average molecular weight is 267 g/mol. The maximum atomic E-state index is 6.04. The van der Waals surface area contributed by atoms with E-state index < -0.39 is 0 Å². The molecule has 0 atom stereocenters. The van der Waals surface area contributed by atoms with Crippen molar-refractivity contribution < 1.29 is 0 Å². The molecular weight excluding hydrogens is 246 g/mol. The number of aromatic nitrogens is 2. The fourth-order valence-corrected chi connectivity index (χ4v) is 2.75. The standard InChI is InChI=1S/C12H21N5S/c1-2-10-15-16-11(18-10)9-14-12(13)17-7-5-3-4-6-8-17/h2-9H2,1H3,(H2,13,14). The lowest BCUT2D eigenvalue weighted by Crippen LogP contribution is -2.38. The molecule has 2 N–H and O–H groups in total. The zero-order valence-corrected chi connectivity index (χ0v) is 11.7. The fraction of sp³-hybridized carbons (Fsp3) is 0.750. The van der Waals surface area contributed by atoms with Crippen molar-refractivity contribution in [1.29, 1.82) is 0 Å². The first kappa shape index (κ1) is 13.3. The normalized spacial score (nSPS) is 17.8. The number of hydrogen-bond acceptors (Lipinski definition) is 4. The second-order valence-electron chi connectivity index (χ2n) is 4.52. The SMILES string of the molecule is CCc1nnc(CN=C(N)N2CCCCCC2)s1. The van der Waals surface area contributed by atoms with Gasteiger partial charge in [-0.05, 0) is 19.3 Å². The monoisotopic (exact) mass is 267 g/mol. The highest BCUT2D eigenvalue weighted by Gasteiger charge is 2.11. The lowest BCUT2D eigenvalue weighted by atomic mass is 10.2. The molecule has 0 amide bonds.